The van der Waals surface area contributed by atoms with Crippen molar-refractivity contribution < 1.29 is 4.79 Å². The Bertz CT molecular complexity index is 290. The zero-order chi connectivity index (χ0) is 14.3. The minimum absolute atomic E-state index is 0.0705. The number of carbonyl (C=O) groups excluding carboxylic acids is 1. The fourth-order valence-corrected chi connectivity index (χ4v) is 1.71. The van der Waals surface area contributed by atoms with Gasteiger partial charge >= 0.3 is 0 Å². The molecular formula is C13H27N3OS. The van der Waals surface area contributed by atoms with Crippen molar-refractivity contribution in [3.8, 4) is 0 Å². The fraction of sp³-hybridized carbons (Fsp3) is 0.846. The molecule has 18 heavy (non-hydrogen) atoms. The summed E-state index contributed by atoms with van der Waals surface area (Å²) in [4.78, 5) is 14.1. The van der Waals surface area contributed by atoms with E-state index in [2.05, 4.69) is 19.2 Å². The minimum Gasteiger partial charge on any atom is -0.393 e. The number of likely N-dealkylation sites (N-methyl/N-ethyl adjacent to an activating group) is 1. The molecular weight excluding hydrogens is 246 g/mol. The van der Waals surface area contributed by atoms with Gasteiger partial charge in [0.15, 0.2) is 0 Å². The molecule has 0 bridgehead atoms. The highest BCUT2D eigenvalue weighted by Crippen LogP contribution is 2.22. The summed E-state index contributed by atoms with van der Waals surface area (Å²) < 4.78 is 0. The zero-order valence-corrected chi connectivity index (χ0v) is 13.1. The van der Waals surface area contributed by atoms with Gasteiger partial charge in [-0.25, -0.2) is 0 Å². The van der Waals surface area contributed by atoms with E-state index in [-0.39, 0.29) is 17.4 Å². The lowest BCUT2D eigenvalue weighted by molar-refractivity contribution is -0.122. The van der Waals surface area contributed by atoms with Crippen molar-refractivity contribution in [3.63, 3.8) is 0 Å². The van der Waals surface area contributed by atoms with Crippen LogP contribution in [0.2, 0.25) is 0 Å². The van der Waals surface area contributed by atoms with Gasteiger partial charge in [0, 0.05) is 11.5 Å². The second-order valence-electron chi connectivity index (χ2n) is 5.81. The third kappa shape index (κ3) is 7.61. The van der Waals surface area contributed by atoms with Crippen LogP contribution in [0.15, 0.2) is 0 Å². The highest BCUT2D eigenvalue weighted by molar-refractivity contribution is 7.80. The Balaban J connectivity index is 3.88. The van der Waals surface area contributed by atoms with Crippen molar-refractivity contribution in [1.29, 1.82) is 0 Å². The normalized spacial score (nSPS) is 11.9. The number of rotatable bonds is 8. The van der Waals surface area contributed by atoms with E-state index in [1.807, 2.05) is 25.8 Å². The van der Waals surface area contributed by atoms with Crippen LogP contribution < -0.4 is 11.1 Å². The maximum absolute atomic E-state index is 11.5. The van der Waals surface area contributed by atoms with Gasteiger partial charge in [0.2, 0.25) is 5.91 Å². The number of thiocarbonyl (C=S) groups is 1. The molecule has 0 aliphatic heterocycles. The molecule has 0 aromatic rings. The lowest BCUT2D eigenvalue weighted by Gasteiger charge is -2.24. The van der Waals surface area contributed by atoms with Crippen molar-refractivity contribution in [2.24, 2.45) is 11.1 Å². The Hall–Kier alpha value is -0.680. The Morgan fingerprint density at radius 3 is 2.44 bits per heavy atom. The molecule has 0 aliphatic carbocycles. The van der Waals surface area contributed by atoms with Crippen LogP contribution in [0, 0.1) is 5.41 Å². The van der Waals surface area contributed by atoms with Gasteiger partial charge < -0.3 is 11.1 Å². The topological polar surface area (TPSA) is 58.4 Å². The molecule has 4 nitrogen and oxygen atoms in total. The second-order valence-corrected chi connectivity index (χ2v) is 6.25. The summed E-state index contributed by atoms with van der Waals surface area (Å²) in [6.07, 6.45) is 1.92. The van der Waals surface area contributed by atoms with Crippen LogP contribution in [-0.2, 0) is 4.79 Å². The summed E-state index contributed by atoms with van der Waals surface area (Å²) in [5.41, 5.74) is 5.58. The predicted octanol–water partition coefficient (Wildman–Crippen LogP) is 1.54. The molecule has 0 spiro atoms. The van der Waals surface area contributed by atoms with Crippen LogP contribution in [0.4, 0.5) is 0 Å². The van der Waals surface area contributed by atoms with Crippen molar-refractivity contribution in [1.82, 2.24) is 10.2 Å². The molecule has 0 aromatic carbocycles. The second kappa shape index (κ2) is 7.69. The maximum atomic E-state index is 11.5. The standard InChI is InChI=1S/C13H27N3OS/c1-10(2)15-11(17)9-16(5)8-6-7-13(3,4)12(14)18/h10H,6-9H2,1-5H3,(H2,14,18)(H,15,17). The van der Waals surface area contributed by atoms with E-state index >= 15 is 0 Å². The van der Waals surface area contributed by atoms with Crippen LogP contribution in [-0.4, -0.2) is 42.0 Å². The summed E-state index contributed by atoms with van der Waals surface area (Å²) in [7, 11) is 1.95. The SMILES string of the molecule is CC(C)NC(=O)CN(C)CCCC(C)(C)C(N)=S. The summed E-state index contributed by atoms with van der Waals surface area (Å²) in [5, 5.41) is 2.88. The fourth-order valence-electron chi connectivity index (χ4n) is 1.61. The number of carbonyl (C=O) groups is 1. The van der Waals surface area contributed by atoms with E-state index in [9.17, 15) is 4.79 Å². The van der Waals surface area contributed by atoms with Crippen molar-refractivity contribution in [2.45, 2.75) is 46.6 Å². The maximum Gasteiger partial charge on any atom is 0.234 e. The Kier molecular flexibility index (Phi) is 7.40. The third-order valence-corrected chi connectivity index (χ3v) is 3.42. The molecule has 0 atom stereocenters. The van der Waals surface area contributed by atoms with Crippen LogP contribution >= 0.6 is 12.2 Å². The molecule has 3 N–H and O–H groups in total. The first-order valence-corrected chi connectivity index (χ1v) is 6.84. The molecule has 0 aliphatic rings. The Morgan fingerprint density at radius 2 is 2.00 bits per heavy atom. The lowest BCUT2D eigenvalue weighted by Crippen LogP contribution is -2.39. The number of nitrogens with one attached hydrogen (secondary N) is 1. The first-order valence-electron chi connectivity index (χ1n) is 6.43. The van der Waals surface area contributed by atoms with E-state index in [0.29, 0.717) is 11.5 Å². The van der Waals surface area contributed by atoms with E-state index in [1.54, 1.807) is 0 Å². The van der Waals surface area contributed by atoms with Crippen LogP contribution in [0.25, 0.3) is 0 Å². The number of amides is 1. The highest BCUT2D eigenvalue weighted by atomic mass is 32.1. The molecule has 5 heteroatoms. The average molecular weight is 273 g/mol. The lowest BCUT2D eigenvalue weighted by atomic mass is 9.88. The van der Waals surface area contributed by atoms with Gasteiger partial charge in [-0.05, 0) is 40.3 Å². The van der Waals surface area contributed by atoms with Crippen molar-refractivity contribution in [3.05, 3.63) is 0 Å². The first kappa shape index (κ1) is 17.3. The molecule has 0 saturated heterocycles. The molecule has 0 rings (SSSR count). The average Bonchev–Trinajstić information content (AvgIpc) is 2.14. The van der Waals surface area contributed by atoms with Gasteiger partial charge in [-0.3, -0.25) is 9.69 Å². The quantitative estimate of drug-likeness (QED) is 0.659. The largest absolute Gasteiger partial charge is 0.393 e. The van der Waals surface area contributed by atoms with Gasteiger partial charge in [0.1, 0.15) is 0 Å². The number of nitrogens with two attached hydrogens (primary N) is 1. The highest BCUT2D eigenvalue weighted by Gasteiger charge is 2.20. The van der Waals surface area contributed by atoms with Crippen molar-refractivity contribution >= 4 is 23.1 Å². The summed E-state index contributed by atoms with van der Waals surface area (Å²) in [6, 6.07) is 0.194. The van der Waals surface area contributed by atoms with Gasteiger partial charge in [0.05, 0.1) is 11.5 Å². The Morgan fingerprint density at radius 1 is 1.44 bits per heavy atom. The van der Waals surface area contributed by atoms with E-state index in [0.717, 1.165) is 19.4 Å². The molecule has 0 heterocycles. The zero-order valence-electron chi connectivity index (χ0n) is 12.2. The molecule has 1 amide bonds. The van der Waals surface area contributed by atoms with E-state index < -0.39 is 0 Å². The van der Waals surface area contributed by atoms with Gasteiger partial charge in [0.25, 0.3) is 0 Å². The van der Waals surface area contributed by atoms with E-state index in [1.165, 1.54) is 0 Å². The minimum atomic E-state index is -0.101. The molecule has 106 valence electrons. The van der Waals surface area contributed by atoms with E-state index in [4.69, 9.17) is 18.0 Å². The summed E-state index contributed by atoms with van der Waals surface area (Å²) in [5.74, 6) is 0.0705. The molecule has 0 saturated carbocycles. The molecule has 0 radical (unpaired) electrons. The molecule has 0 unspecified atom stereocenters. The number of nitrogens with zero attached hydrogens (tertiary/aromatic N) is 1. The molecule has 0 fully saturated rings. The summed E-state index contributed by atoms with van der Waals surface area (Å²) in [6.45, 7) is 9.34. The molecule has 0 aromatic heterocycles. The third-order valence-electron chi connectivity index (χ3n) is 2.87. The van der Waals surface area contributed by atoms with Crippen molar-refractivity contribution in [2.75, 3.05) is 20.1 Å². The number of hydrogen-bond donors (Lipinski definition) is 2. The predicted molar refractivity (Wildman–Crippen MR) is 80.6 cm³/mol. The van der Waals surface area contributed by atoms with Gasteiger partial charge in [-0.2, -0.15) is 0 Å². The van der Waals surface area contributed by atoms with Gasteiger partial charge in [-0.1, -0.05) is 26.1 Å². The Labute approximate surface area is 116 Å². The van der Waals surface area contributed by atoms with Crippen LogP contribution in [0.1, 0.15) is 40.5 Å². The van der Waals surface area contributed by atoms with Gasteiger partial charge in [-0.15, -0.1) is 0 Å². The summed E-state index contributed by atoms with van der Waals surface area (Å²) >= 11 is 5.03. The van der Waals surface area contributed by atoms with Crippen LogP contribution in [0.3, 0.4) is 0 Å². The number of hydrogen-bond acceptors (Lipinski definition) is 3. The monoisotopic (exact) mass is 273 g/mol. The van der Waals surface area contributed by atoms with Crippen LogP contribution in [0.5, 0.6) is 0 Å². The smallest absolute Gasteiger partial charge is 0.234 e. The first-order chi connectivity index (χ1) is 8.15.